The number of nitrogens with zero attached hydrogens (tertiary/aromatic N) is 1. The zero-order valence-electron chi connectivity index (χ0n) is 13.7. The molecule has 7 heteroatoms. The van der Waals surface area contributed by atoms with Crippen molar-refractivity contribution in [2.45, 2.75) is 31.7 Å². The summed E-state index contributed by atoms with van der Waals surface area (Å²) in [5, 5.41) is 2.74. The van der Waals surface area contributed by atoms with Crippen LogP contribution in [0.2, 0.25) is 0 Å². The number of aryl methyl sites for hydroxylation is 2. The molecule has 1 aromatic carbocycles. The molecular weight excluding hydrogens is 326 g/mol. The number of carbonyl (C=O) groups is 1. The summed E-state index contributed by atoms with van der Waals surface area (Å²) >= 11 is 0. The first-order valence-electron chi connectivity index (χ1n) is 7.61. The maximum absolute atomic E-state index is 12.3. The van der Waals surface area contributed by atoms with E-state index in [9.17, 15) is 13.2 Å². The van der Waals surface area contributed by atoms with Crippen LogP contribution in [0, 0.1) is 13.8 Å². The first-order chi connectivity index (χ1) is 11.4. The lowest BCUT2D eigenvalue weighted by Gasteiger charge is -2.10. The molecule has 0 aliphatic carbocycles. The largest absolute Gasteiger partial charge is 0.352 e. The lowest BCUT2D eigenvalue weighted by molar-refractivity contribution is -0.121. The summed E-state index contributed by atoms with van der Waals surface area (Å²) < 4.78 is 27.1. The number of nitrogens with one attached hydrogen (secondary N) is 2. The molecule has 0 radical (unpaired) electrons. The molecule has 0 saturated carbocycles. The minimum absolute atomic E-state index is 0.0535. The molecule has 0 spiro atoms. The van der Waals surface area contributed by atoms with Gasteiger partial charge >= 0.3 is 0 Å². The molecule has 0 aliphatic rings. The van der Waals surface area contributed by atoms with E-state index in [1.807, 2.05) is 25.1 Å². The maximum Gasteiger partial charge on any atom is 0.240 e. The topological polar surface area (TPSA) is 88.2 Å². The van der Waals surface area contributed by atoms with Crippen molar-refractivity contribution in [3.63, 3.8) is 0 Å². The zero-order chi connectivity index (χ0) is 17.6. The molecule has 1 heterocycles. The smallest absolute Gasteiger partial charge is 0.240 e. The van der Waals surface area contributed by atoms with Gasteiger partial charge in [0.15, 0.2) is 0 Å². The summed E-state index contributed by atoms with van der Waals surface area (Å²) in [6.07, 6.45) is 3.38. The molecule has 2 aromatic rings. The Hall–Kier alpha value is -2.25. The van der Waals surface area contributed by atoms with Gasteiger partial charge < -0.3 is 5.32 Å². The van der Waals surface area contributed by atoms with Crippen molar-refractivity contribution in [1.29, 1.82) is 0 Å². The van der Waals surface area contributed by atoms with Gasteiger partial charge in [-0.15, -0.1) is 0 Å². The van der Waals surface area contributed by atoms with Crippen LogP contribution in [0.5, 0.6) is 0 Å². The van der Waals surface area contributed by atoms with Gasteiger partial charge in [-0.3, -0.25) is 9.78 Å². The van der Waals surface area contributed by atoms with Crippen LogP contribution in [0.15, 0.2) is 47.6 Å². The van der Waals surface area contributed by atoms with E-state index in [1.54, 1.807) is 31.5 Å². The zero-order valence-corrected chi connectivity index (χ0v) is 14.6. The first kappa shape index (κ1) is 18.1. The Bertz CT molecular complexity index is 805. The number of pyridine rings is 1. The Labute approximate surface area is 142 Å². The molecule has 0 fully saturated rings. The van der Waals surface area contributed by atoms with Crippen LogP contribution in [0.4, 0.5) is 0 Å². The molecule has 6 nitrogen and oxygen atoms in total. The monoisotopic (exact) mass is 347 g/mol. The molecule has 2 rings (SSSR count). The third-order valence-corrected chi connectivity index (χ3v) is 5.12. The Morgan fingerprint density at radius 1 is 1.12 bits per heavy atom. The molecule has 1 amide bonds. The van der Waals surface area contributed by atoms with E-state index in [4.69, 9.17) is 0 Å². The summed E-state index contributed by atoms with van der Waals surface area (Å²) in [7, 11) is -3.61. The molecule has 24 heavy (non-hydrogen) atoms. The van der Waals surface area contributed by atoms with Crippen molar-refractivity contribution in [2.24, 2.45) is 0 Å². The van der Waals surface area contributed by atoms with Crippen LogP contribution in [0.3, 0.4) is 0 Å². The van der Waals surface area contributed by atoms with Gasteiger partial charge in [-0.25, -0.2) is 13.1 Å². The van der Waals surface area contributed by atoms with Crippen LogP contribution in [-0.4, -0.2) is 25.9 Å². The van der Waals surface area contributed by atoms with E-state index in [0.717, 1.165) is 11.1 Å². The van der Waals surface area contributed by atoms with Crippen molar-refractivity contribution >= 4 is 15.9 Å². The molecule has 2 N–H and O–H groups in total. The van der Waals surface area contributed by atoms with Crippen LogP contribution in [0.1, 0.15) is 23.1 Å². The fraction of sp³-hybridized carbons (Fsp3) is 0.294. The van der Waals surface area contributed by atoms with E-state index >= 15 is 0 Å². The average Bonchev–Trinajstić information content (AvgIpc) is 2.56. The quantitative estimate of drug-likeness (QED) is 0.798. The summed E-state index contributed by atoms with van der Waals surface area (Å²) in [4.78, 5) is 15.9. The number of carbonyl (C=O) groups excluding carboxylic acids is 1. The van der Waals surface area contributed by atoms with Crippen molar-refractivity contribution in [2.75, 3.05) is 6.54 Å². The molecule has 0 aliphatic heterocycles. The molecule has 0 atom stereocenters. The molecule has 0 bridgehead atoms. The van der Waals surface area contributed by atoms with Gasteiger partial charge in [0, 0.05) is 31.9 Å². The first-order valence-corrected chi connectivity index (χ1v) is 9.09. The summed E-state index contributed by atoms with van der Waals surface area (Å²) in [5.74, 6) is -0.213. The highest BCUT2D eigenvalue weighted by atomic mass is 32.2. The lowest BCUT2D eigenvalue weighted by atomic mass is 10.2. The third kappa shape index (κ3) is 5.14. The Kier molecular flexibility index (Phi) is 6.05. The van der Waals surface area contributed by atoms with E-state index in [0.29, 0.717) is 12.1 Å². The number of sulfonamides is 1. The second-order valence-electron chi connectivity index (χ2n) is 5.55. The van der Waals surface area contributed by atoms with Crippen LogP contribution < -0.4 is 10.0 Å². The normalized spacial score (nSPS) is 11.2. The minimum Gasteiger partial charge on any atom is -0.352 e. The molecular formula is C17H21N3O3S. The number of amides is 1. The number of aromatic nitrogens is 1. The van der Waals surface area contributed by atoms with E-state index < -0.39 is 10.0 Å². The Balaban J connectivity index is 1.84. The lowest BCUT2D eigenvalue weighted by Crippen LogP contribution is -2.31. The van der Waals surface area contributed by atoms with Gasteiger partial charge in [-0.1, -0.05) is 12.1 Å². The van der Waals surface area contributed by atoms with E-state index in [1.165, 1.54) is 0 Å². The maximum atomic E-state index is 12.3. The van der Waals surface area contributed by atoms with Gasteiger partial charge in [0.1, 0.15) is 0 Å². The number of hydrogen-bond donors (Lipinski definition) is 2. The third-order valence-electron chi connectivity index (χ3n) is 3.52. The number of benzene rings is 1. The fourth-order valence-electron chi connectivity index (χ4n) is 2.16. The minimum atomic E-state index is -3.61. The van der Waals surface area contributed by atoms with Crippen molar-refractivity contribution < 1.29 is 13.2 Å². The molecule has 0 unspecified atom stereocenters. The highest BCUT2D eigenvalue weighted by molar-refractivity contribution is 7.89. The van der Waals surface area contributed by atoms with Gasteiger partial charge in [0.05, 0.1) is 4.90 Å². The number of rotatable bonds is 7. The fourth-order valence-corrected chi connectivity index (χ4v) is 3.52. The highest BCUT2D eigenvalue weighted by Crippen LogP contribution is 2.16. The van der Waals surface area contributed by atoms with Crippen molar-refractivity contribution in [1.82, 2.24) is 15.0 Å². The number of hydrogen-bond acceptors (Lipinski definition) is 4. The van der Waals surface area contributed by atoms with Crippen molar-refractivity contribution in [3.8, 4) is 0 Å². The second kappa shape index (κ2) is 8.03. The van der Waals surface area contributed by atoms with E-state index in [2.05, 4.69) is 15.0 Å². The van der Waals surface area contributed by atoms with Crippen LogP contribution >= 0.6 is 0 Å². The summed E-state index contributed by atoms with van der Waals surface area (Å²) in [6.45, 7) is 4.03. The SMILES string of the molecule is Cc1ccc(C)c(S(=O)(=O)NCCC(=O)NCc2ccncc2)c1. The average molecular weight is 347 g/mol. The summed E-state index contributed by atoms with van der Waals surface area (Å²) in [6, 6.07) is 8.88. The molecule has 0 saturated heterocycles. The summed E-state index contributed by atoms with van der Waals surface area (Å²) in [5.41, 5.74) is 2.49. The molecule has 1 aromatic heterocycles. The van der Waals surface area contributed by atoms with Crippen LogP contribution in [-0.2, 0) is 21.4 Å². The highest BCUT2D eigenvalue weighted by Gasteiger charge is 2.16. The predicted octanol–water partition coefficient (Wildman–Crippen LogP) is 1.68. The predicted molar refractivity (Wildman–Crippen MR) is 91.8 cm³/mol. The van der Waals surface area contributed by atoms with Crippen molar-refractivity contribution in [3.05, 3.63) is 59.4 Å². The van der Waals surface area contributed by atoms with Gasteiger partial charge in [-0.05, 0) is 48.7 Å². The Morgan fingerprint density at radius 3 is 2.54 bits per heavy atom. The molecule has 128 valence electrons. The Morgan fingerprint density at radius 2 is 1.83 bits per heavy atom. The van der Waals surface area contributed by atoms with Gasteiger partial charge in [0.25, 0.3) is 0 Å². The standard InChI is InChI=1S/C17H21N3O3S/c1-13-3-4-14(2)16(11-13)24(22,23)20-10-7-17(21)19-12-15-5-8-18-9-6-15/h3-6,8-9,11,20H,7,10,12H2,1-2H3,(H,19,21). The van der Waals surface area contributed by atoms with Crippen LogP contribution in [0.25, 0.3) is 0 Å². The van der Waals surface area contributed by atoms with Gasteiger partial charge in [0.2, 0.25) is 15.9 Å². The van der Waals surface area contributed by atoms with Gasteiger partial charge in [-0.2, -0.15) is 0 Å². The second-order valence-corrected chi connectivity index (χ2v) is 7.28. The van der Waals surface area contributed by atoms with E-state index in [-0.39, 0.29) is 23.8 Å².